The van der Waals surface area contributed by atoms with Gasteiger partial charge >= 0.3 is 116 Å². The van der Waals surface area contributed by atoms with Crippen molar-refractivity contribution < 1.29 is 0 Å². The summed E-state index contributed by atoms with van der Waals surface area (Å²) in [5.74, 6) is 0. The van der Waals surface area contributed by atoms with Crippen LogP contribution in [-0.4, -0.2) is 32.5 Å². The maximum absolute atomic E-state index is 4.48. The van der Waals surface area contributed by atoms with Crippen LogP contribution < -0.4 is 5.32 Å². The summed E-state index contributed by atoms with van der Waals surface area (Å²) in [7, 11) is 0. The van der Waals surface area contributed by atoms with Gasteiger partial charge in [0.1, 0.15) is 0 Å². The molecule has 1 aliphatic carbocycles. The molecule has 0 bridgehead atoms. The van der Waals surface area contributed by atoms with Gasteiger partial charge in [-0.2, -0.15) is 0 Å². The van der Waals surface area contributed by atoms with E-state index in [1.54, 1.807) is 0 Å². The molecule has 0 radical (unpaired) electrons. The fourth-order valence-electron chi connectivity index (χ4n) is 2.29. The van der Waals surface area contributed by atoms with E-state index in [0.717, 1.165) is 23.3 Å². The molecule has 96 valence electrons. The van der Waals surface area contributed by atoms with Crippen molar-refractivity contribution in [3.05, 3.63) is 36.4 Å². The third-order valence-electron chi connectivity index (χ3n) is 3.43. The van der Waals surface area contributed by atoms with E-state index >= 15 is 0 Å². The fourth-order valence-corrected chi connectivity index (χ4v) is 3.44. The van der Waals surface area contributed by atoms with Gasteiger partial charge in [0.25, 0.3) is 0 Å². The van der Waals surface area contributed by atoms with Crippen LogP contribution in [0, 0.1) is 0 Å². The van der Waals surface area contributed by atoms with E-state index in [4.69, 9.17) is 0 Å². The van der Waals surface area contributed by atoms with Gasteiger partial charge in [0.05, 0.1) is 0 Å². The molecule has 0 atom stereocenters. The molecule has 1 aliphatic rings. The number of fused-ring (bicyclic) bond motifs is 1. The van der Waals surface area contributed by atoms with Gasteiger partial charge in [-0.1, -0.05) is 0 Å². The Kier molecular flexibility index (Phi) is 2.64. The molecule has 1 aromatic carbocycles. The van der Waals surface area contributed by atoms with Crippen LogP contribution in [0.15, 0.2) is 30.7 Å². The molecule has 19 heavy (non-hydrogen) atoms. The molecule has 0 spiro atoms. The minimum absolute atomic E-state index is 0.0237. The van der Waals surface area contributed by atoms with Crippen LogP contribution in [0.25, 0.3) is 11.0 Å². The molecule has 4 rings (SSSR count). The average molecular weight is 318 g/mol. The fraction of sp³-hybridized carbons (Fsp3) is 0.308. The normalized spacial score (nSPS) is 14.9. The zero-order chi connectivity index (χ0) is 12.7. The SMILES string of the molecule is c1cc(NCc2cncn2C2CC2)c2n[se]nc2c1. The summed E-state index contributed by atoms with van der Waals surface area (Å²) in [6.45, 7) is 0.787. The van der Waals surface area contributed by atoms with Gasteiger partial charge < -0.3 is 0 Å². The second kappa shape index (κ2) is 4.47. The molecule has 6 heteroatoms. The molecule has 1 fully saturated rings. The Labute approximate surface area is 116 Å². The van der Waals surface area contributed by atoms with Crippen molar-refractivity contribution in [1.82, 2.24) is 17.5 Å². The van der Waals surface area contributed by atoms with E-state index in [9.17, 15) is 0 Å². The summed E-state index contributed by atoms with van der Waals surface area (Å²) >= 11 is 0.0237. The van der Waals surface area contributed by atoms with E-state index in [1.807, 2.05) is 24.7 Å². The second-order valence-electron chi connectivity index (χ2n) is 4.81. The third kappa shape index (κ3) is 2.07. The number of imidazole rings is 1. The van der Waals surface area contributed by atoms with Crippen molar-refractivity contribution in [1.29, 1.82) is 0 Å². The molecule has 2 heterocycles. The van der Waals surface area contributed by atoms with E-state index in [1.165, 1.54) is 18.5 Å². The molecule has 3 aromatic rings. The molecule has 2 aromatic heterocycles. The standard InChI is InChI=1S/C13H13N5Se/c1-2-11(13-12(3-1)16-19-17-13)15-7-10-6-14-8-18(10)9-4-5-9/h1-3,6,8-9,15H,4-5,7H2. The molecule has 0 saturated heterocycles. The van der Waals surface area contributed by atoms with Gasteiger partial charge in [0, 0.05) is 0 Å². The van der Waals surface area contributed by atoms with Crippen molar-refractivity contribution in [3.63, 3.8) is 0 Å². The zero-order valence-corrected chi connectivity index (χ0v) is 12.0. The Bertz CT molecular complexity index is 712. The van der Waals surface area contributed by atoms with Crippen LogP contribution in [0.2, 0.25) is 0 Å². The molecular weight excluding hydrogens is 305 g/mol. The monoisotopic (exact) mass is 319 g/mol. The molecule has 0 amide bonds. The first-order chi connectivity index (χ1) is 9.42. The van der Waals surface area contributed by atoms with Gasteiger partial charge in [-0.25, -0.2) is 0 Å². The second-order valence-corrected chi connectivity index (χ2v) is 5.92. The topological polar surface area (TPSA) is 55.6 Å². The Morgan fingerprint density at radius 1 is 1.32 bits per heavy atom. The van der Waals surface area contributed by atoms with Gasteiger partial charge in [0.15, 0.2) is 0 Å². The molecule has 0 unspecified atom stereocenters. The number of aromatic nitrogens is 4. The summed E-state index contributed by atoms with van der Waals surface area (Å²) in [6, 6.07) is 6.79. The molecule has 0 aliphatic heterocycles. The first-order valence-electron chi connectivity index (χ1n) is 6.38. The Morgan fingerprint density at radius 2 is 2.26 bits per heavy atom. The molecular formula is C13H13N5Se. The summed E-state index contributed by atoms with van der Waals surface area (Å²) in [6.07, 6.45) is 6.44. The minimum atomic E-state index is 0.0237. The summed E-state index contributed by atoms with van der Waals surface area (Å²) in [4.78, 5) is 4.25. The van der Waals surface area contributed by atoms with Crippen LogP contribution >= 0.6 is 0 Å². The van der Waals surface area contributed by atoms with Crippen LogP contribution in [0.5, 0.6) is 0 Å². The van der Waals surface area contributed by atoms with Crippen molar-refractivity contribution in [2.45, 2.75) is 25.4 Å². The van der Waals surface area contributed by atoms with Gasteiger partial charge in [-0.05, 0) is 0 Å². The van der Waals surface area contributed by atoms with Crippen molar-refractivity contribution in [3.8, 4) is 0 Å². The van der Waals surface area contributed by atoms with Crippen LogP contribution in [0.1, 0.15) is 24.6 Å². The van der Waals surface area contributed by atoms with Crippen molar-refractivity contribution >= 4 is 31.7 Å². The number of anilines is 1. The van der Waals surface area contributed by atoms with Crippen LogP contribution in [-0.2, 0) is 6.54 Å². The van der Waals surface area contributed by atoms with Gasteiger partial charge in [-0.15, -0.1) is 0 Å². The molecule has 1 N–H and O–H groups in total. The Balaban J connectivity index is 1.58. The van der Waals surface area contributed by atoms with Crippen molar-refractivity contribution in [2.24, 2.45) is 0 Å². The van der Waals surface area contributed by atoms with Crippen molar-refractivity contribution in [2.75, 3.05) is 5.32 Å². The van der Waals surface area contributed by atoms with Gasteiger partial charge in [0.2, 0.25) is 0 Å². The Hall–Kier alpha value is -1.65. The van der Waals surface area contributed by atoms with Crippen LogP contribution in [0.4, 0.5) is 5.69 Å². The maximum atomic E-state index is 4.48. The summed E-state index contributed by atoms with van der Waals surface area (Å²) in [5, 5.41) is 3.47. The summed E-state index contributed by atoms with van der Waals surface area (Å²) < 4.78 is 11.2. The number of benzene rings is 1. The number of hydrogen-bond donors (Lipinski definition) is 1. The predicted molar refractivity (Wildman–Crippen MR) is 74.3 cm³/mol. The number of rotatable bonds is 4. The first kappa shape index (κ1) is 11.2. The number of nitrogens with one attached hydrogen (secondary N) is 1. The first-order valence-corrected chi connectivity index (χ1v) is 7.91. The average Bonchev–Trinajstić information content (AvgIpc) is 2.99. The summed E-state index contributed by atoms with van der Waals surface area (Å²) in [5.41, 5.74) is 4.34. The number of hydrogen-bond acceptors (Lipinski definition) is 4. The predicted octanol–water partition coefficient (Wildman–Crippen LogP) is 1.83. The Morgan fingerprint density at radius 3 is 3.16 bits per heavy atom. The van der Waals surface area contributed by atoms with E-state index < -0.39 is 0 Å². The van der Waals surface area contributed by atoms with Crippen LogP contribution in [0.3, 0.4) is 0 Å². The molecule has 1 saturated carbocycles. The van der Waals surface area contributed by atoms with E-state index in [0.29, 0.717) is 6.04 Å². The van der Waals surface area contributed by atoms with E-state index in [2.05, 4.69) is 28.9 Å². The van der Waals surface area contributed by atoms with E-state index in [-0.39, 0.29) is 15.0 Å². The van der Waals surface area contributed by atoms with Gasteiger partial charge in [-0.3, -0.25) is 0 Å². The third-order valence-corrected chi connectivity index (χ3v) is 4.57. The zero-order valence-electron chi connectivity index (χ0n) is 10.3. The molecule has 5 nitrogen and oxygen atoms in total. The number of nitrogens with zero attached hydrogens (tertiary/aromatic N) is 4. The quantitative estimate of drug-likeness (QED) is 0.746.